The molecule has 1 rings (SSSR count). The molecule has 0 heterocycles. The predicted molar refractivity (Wildman–Crippen MR) is 86.8 cm³/mol. The molecule has 21 heavy (non-hydrogen) atoms. The summed E-state index contributed by atoms with van der Waals surface area (Å²) < 4.78 is 16.1. The molecule has 4 nitrogen and oxygen atoms in total. The van der Waals surface area contributed by atoms with Crippen molar-refractivity contribution in [2.45, 2.75) is 58.4 Å². The van der Waals surface area contributed by atoms with E-state index in [2.05, 4.69) is 26.1 Å². The minimum atomic E-state index is 0.200. The first kappa shape index (κ1) is 18.9. The third kappa shape index (κ3) is 8.77. The average molecular weight is 301 g/mol. The standard InChI is InChI=1S/C17H35NO3/c1-16(2,3)18-15-17(7-5-6-8-17)9-10-20-13-14-21-12-11-19-4/h18H,5-15H2,1-4H3. The lowest BCUT2D eigenvalue weighted by Crippen LogP contribution is -2.43. The molecular weight excluding hydrogens is 266 g/mol. The van der Waals surface area contributed by atoms with Gasteiger partial charge in [0.1, 0.15) is 0 Å². The van der Waals surface area contributed by atoms with Crippen molar-refractivity contribution < 1.29 is 14.2 Å². The van der Waals surface area contributed by atoms with Crippen molar-refractivity contribution in [3.05, 3.63) is 0 Å². The van der Waals surface area contributed by atoms with Gasteiger partial charge in [-0.1, -0.05) is 12.8 Å². The molecule has 0 atom stereocenters. The zero-order valence-corrected chi connectivity index (χ0v) is 14.5. The summed E-state index contributed by atoms with van der Waals surface area (Å²) in [7, 11) is 1.69. The Kier molecular flexibility index (Phi) is 8.79. The van der Waals surface area contributed by atoms with E-state index in [1.165, 1.54) is 25.7 Å². The first-order chi connectivity index (χ1) is 9.97. The van der Waals surface area contributed by atoms with Crippen LogP contribution in [0.4, 0.5) is 0 Å². The highest BCUT2D eigenvalue weighted by Crippen LogP contribution is 2.40. The zero-order chi connectivity index (χ0) is 15.6. The fourth-order valence-electron chi connectivity index (χ4n) is 2.85. The molecule has 0 radical (unpaired) electrons. The van der Waals surface area contributed by atoms with Gasteiger partial charge in [-0.05, 0) is 45.4 Å². The molecule has 0 saturated heterocycles. The second-order valence-corrected chi connectivity index (χ2v) is 7.28. The monoisotopic (exact) mass is 301 g/mol. The molecule has 1 saturated carbocycles. The summed E-state index contributed by atoms with van der Waals surface area (Å²) in [6.45, 7) is 11.3. The molecule has 0 bridgehead atoms. The summed E-state index contributed by atoms with van der Waals surface area (Å²) in [6.07, 6.45) is 6.57. The molecule has 0 aromatic heterocycles. The minimum Gasteiger partial charge on any atom is -0.382 e. The molecule has 1 N–H and O–H groups in total. The Bertz CT molecular complexity index is 257. The molecule has 0 spiro atoms. The maximum Gasteiger partial charge on any atom is 0.0701 e. The van der Waals surface area contributed by atoms with Crippen LogP contribution in [-0.2, 0) is 14.2 Å². The van der Waals surface area contributed by atoms with E-state index in [9.17, 15) is 0 Å². The van der Waals surface area contributed by atoms with Gasteiger partial charge in [0.25, 0.3) is 0 Å². The molecule has 126 valence electrons. The number of nitrogens with one attached hydrogen (secondary N) is 1. The second-order valence-electron chi connectivity index (χ2n) is 7.28. The average Bonchev–Trinajstić information content (AvgIpc) is 2.88. The van der Waals surface area contributed by atoms with E-state index in [4.69, 9.17) is 14.2 Å². The normalized spacial score (nSPS) is 18.3. The van der Waals surface area contributed by atoms with Gasteiger partial charge in [0.15, 0.2) is 0 Å². The minimum absolute atomic E-state index is 0.200. The lowest BCUT2D eigenvalue weighted by Gasteiger charge is -2.33. The van der Waals surface area contributed by atoms with Gasteiger partial charge in [-0.25, -0.2) is 0 Å². The number of hydrogen-bond acceptors (Lipinski definition) is 4. The van der Waals surface area contributed by atoms with Crippen molar-refractivity contribution in [2.24, 2.45) is 5.41 Å². The Morgan fingerprint density at radius 1 is 0.905 bits per heavy atom. The van der Waals surface area contributed by atoms with Crippen LogP contribution in [0, 0.1) is 5.41 Å². The van der Waals surface area contributed by atoms with Crippen LogP contribution < -0.4 is 5.32 Å². The topological polar surface area (TPSA) is 39.7 Å². The van der Waals surface area contributed by atoms with Crippen LogP contribution in [0.5, 0.6) is 0 Å². The molecule has 0 aliphatic heterocycles. The third-order valence-corrected chi connectivity index (χ3v) is 4.24. The van der Waals surface area contributed by atoms with Gasteiger partial charge in [0.2, 0.25) is 0 Å². The fourth-order valence-corrected chi connectivity index (χ4v) is 2.85. The highest BCUT2D eigenvalue weighted by atomic mass is 16.5. The Morgan fingerprint density at radius 2 is 1.48 bits per heavy atom. The van der Waals surface area contributed by atoms with Crippen LogP contribution in [0.25, 0.3) is 0 Å². The van der Waals surface area contributed by atoms with E-state index >= 15 is 0 Å². The van der Waals surface area contributed by atoms with E-state index < -0.39 is 0 Å². The van der Waals surface area contributed by atoms with Gasteiger partial charge in [-0.15, -0.1) is 0 Å². The van der Waals surface area contributed by atoms with E-state index in [1.807, 2.05) is 0 Å². The van der Waals surface area contributed by atoms with Crippen molar-refractivity contribution >= 4 is 0 Å². The van der Waals surface area contributed by atoms with Crippen molar-refractivity contribution in [1.29, 1.82) is 0 Å². The maximum absolute atomic E-state index is 5.74. The second kappa shape index (κ2) is 9.78. The molecule has 1 aliphatic rings. The van der Waals surface area contributed by atoms with Gasteiger partial charge in [-0.3, -0.25) is 0 Å². The van der Waals surface area contributed by atoms with E-state index in [-0.39, 0.29) is 5.54 Å². The van der Waals surface area contributed by atoms with E-state index in [1.54, 1.807) is 7.11 Å². The molecule has 1 fully saturated rings. The predicted octanol–water partition coefficient (Wildman–Crippen LogP) is 3.00. The third-order valence-electron chi connectivity index (χ3n) is 4.24. The van der Waals surface area contributed by atoms with Crippen LogP contribution in [-0.4, -0.2) is 52.2 Å². The molecular formula is C17H35NO3. The van der Waals surface area contributed by atoms with Crippen LogP contribution >= 0.6 is 0 Å². The Morgan fingerprint density at radius 3 is 2.05 bits per heavy atom. The van der Waals surface area contributed by atoms with Crippen molar-refractivity contribution in [1.82, 2.24) is 5.32 Å². The van der Waals surface area contributed by atoms with Crippen LogP contribution in [0.15, 0.2) is 0 Å². The van der Waals surface area contributed by atoms with Gasteiger partial charge in [0.05, 0.1) is 26.4 Å². The summed E-state index contributed by atoms with van der Waals surface area (Å²) in [5, 5.41) is 3.69. The first-order valence-corrected chi connectivity index (χ1v) is 8.37. The van der Waals surface area contributed by atoms with Crippen LogP contribution in [0.3, 0.4) is 0 Å². The highest BCUT2D eigenvalue weighted by Gasteiger charge is 2.34. The largest absolute Gasteiger partial charge is 0.382 e. The van der Waals surface area contributed by atoms with Gasteiger partial charge >= 0.3 is 0 Å². The summed E-state index contributed by atoms with van der Waals surface area (Å²) in [4.78, 5) is 0. The van der Waals surface area contributed by atoms with Crippen LogP contribution in [0.1, 0.15) is 52.9 Å². The number of methoxy groups -OCH3 is 1. The molecule has 0 unspecified atom stereocenters. The fraction of sp³-hybridized carbons (Fsp3) is 1.00. The van der Waals surface area contributed by atoms with E-state index in [0.717, 1.165) is 19.6 Å². The van der Waals surface area contributed by atoms with E-state index in [0.29, 0.717) is 31.8 Å². The highest BCUT2D eigenvalue weighted by molar-refractivity contribution is 4.88. The van der Waals surface area contributed by atoms with Gasteiger partial charge < -0.3 is 19.5 Å². The number of hydrogen-bond donors (Lipinski definition) is 1. The zero-order valence-electron chi connectivity index (χ0n) is 14.5. The van der Waals surface area contributed by atoms with Crippen LogP contribution in [0.2, 0.25) is 0 Å². The van der Waals surface area contributed by atoms with Gasteiger partial charge in [-0.2, -0.15) is 0 Å². The lowest BCUT2D eigenvalue weighted by molar-refractivity contribution is 0.0162. The van der Waals surface area contributed by atoms with Crippen molar-refractivity contribution in [3.63, 3.8) is 0 Å². The summed E-state index contributed by atoms with van der Waals surface area (Å²) in [6, 6.07) is 0. The molecule has 4 heteroatoms. The Balaban J connectivity index is 2.14. The number of ether oxygens (including phenoxy) is 3. The summed E-state index contributed by atoms with van der Waals surface area (Å²) in [5.74, 6) is 0. The Hall–Kier alpha value is -0.160. The summed E-state index contributed by atoms with van der Waals surface area (Å²) in [5.41, 5.74) is 0.649. The Labute approximate surface area is 130 Å². The molecule has 0 aromatic rings. The van der Waals surface area contributed by atoms with Crippen molar-refractivity contribution in [2.75, 3.05) is 46.7 Å². The molecule has 1 aliphatic carbocycles. The number of rotatable bonds is 11. The quantitative estimate of drug-likeness (QED) is 0.596. The van der Waals surface area contributed by atoms with Crippen molar-refractivity contribution in [3.8, 4) is 0 Å². The smallest absolute Gasteiger partial charge is 0.0701 e. The maximum atomic E-state index is 5.74. The lowest BCUT2D eigenvalue weighted by atomic mass is 9.82. The molecule has 0 amide bonds. The summed E-state index contributed by atoms with van der Waals surface area (Å²) >= 11 is 0. The first-order valence-electron chi connectivity index (χ1n) is 8.37. The van der Waals surface area contributed by atoms with Gasteiger partial charge in [0, 0.05) is 25.8 Å². The SMILES string of the molecule is COCCOCCOCCC1(CNC(C)(C)C)CCCC1. The molecule has 0 aromatic carbocycles.